The number of hydrazine groups is 1. The molecule has 0 saturated carbocycles. The van der Waals surface area contributed by atoms with Crippen molar-refractivity contribution in [2.24, 2.45) is 5.73 Å². The smallest absolute Gasteiger partial charge is 0.267 e. The van der Waals surface area contributed by atoms with Crippen LogP contribution >= 0.6 is 0 Å². The minimum absolute atomic E-state index is 0.00463. The van der Waals surface area contributed by atoms with E-state index in [2.05, 4.69) is 11.5 Å². The monoisotopic (exact) mass is 111 g/mol. The molecule has 1 heterocycles. The van der Waals surface area contributed by atoms with Crippen molar-refractivity contribution in [3.05, 3.63) is 12.3 Å². The first-order chi connectivity index (χ1) is 3.80. The molecule has 0 spiro atoms. The SMILES string of the molecule is N=C(N)N1C=[C+]CN1. The van der Waals surface area contributed by atoms with Gasteiger partial charge in [-0.05, 0) is 0 Å². The molecule has 4 N–H and O–H groups in total. The fourth-order valence-electron chi connectivity index (χ4n) is 0.468. The highest BCUT2D eigenvalue weighted by Gasteiger charge is 2.14. The highest BCUT2D eigenvalue weighted by Crippen LogP contribution is 1.87. The molecule has 8 heavy (non-hydrogen) atoms. The lowest BCUT2D eigenvalue weighted by molar-refractivity contribution is 0.453. The number of nitrogens with one attached hydrogen (secondary N) is 2. The molecule has 0 aromatic rings. The third kappa shape index (κ3) is 0.753. The largest absolute Gasteiger partial charge is 0.368 e. The minimum Gasteiger partial charge on any atom is -0.368 e. The van der Waals surface area contributed by atoms with E-state index in [0.717, 1.165) is 0 Å². The molecule has 0 aromatic heterocycles. The third-order valence-electron chi connectivity index (χ3n) is 0.831. The zero-order valence-corrected chi connectivity index (χ0v) is 4.31. The summed E-state index contributed by atoms with van der Waals surface area (Å²) >= 11 is 0. The molecule has 1 aliphatic rings. The fraction of sp³-hybridized carbons (Fsp3) is 0.250. The van der Waals surface area contributed by atoms with Gasteiger partial charge in [0.25, 0.3) is 12.3 Å². The van der Waals surface area contributed by atoms with Crippen LogP contribution in [0.1, 0.15) is 0 Å². The zero-order chi connectivity index (χ0) is 5.98. The van der Waals surface area contributed by atoms with Gasteiger partial charge in [-0.1, -0.05) is 0 Å². The van der Waals surface area contributed by atoms with Crippen LogP contribution < -0.4 is 11.2 Å². The average Bonchev–Trinajstić information content (AvgIpc) is 2.12. The van der Waals surface area contributed by atoms with Gasteiger partial charge in [-0.15, -0.1) is 0 Å². The molecule has 1 aliphatic heterocycles. The Morgan fingerprint density at radius 1 is 2.00 bits per heavy atom. The molecule has 0 bridgehead atoms. The summed E-state index contributed by atoms with van der Waals surface area (Å²) in [6, 6.07) is 0. The summed E-state index contributed by atoms with van der Waals surface area (Å²) in [4.78, 5) is 0. The molecule has 0 saturated heterocycles. The van der Waals surface area contributed by atoms with Gasteiger partial charge >= 0.3 is 0 Å². The molecule has 0 radical (unpaired) electrons. The van der Waals surface area contributed by atoms with E-state index in [-0.39, 0.29) is 5.96 Å². The predicted molar refractivity (Wildman–Crippen MR) is 29.6 cm³/mol. The Balaban J connectivity index is 2.48. The lowest BCUT2D eigenvalue weighted by Crippen LogP contribution is -2.39. The number of hydrogen-bond acceptors (Lipinski definition) is 2. The first kappa shape index (κ1) is 5.03. The summed E-state index contributed by atoms with van der Waals surface area (Å²) in [5, 5.41) is 8.26. The molecule has 0 aliphatic carbocycles. The summed E-state index contributed by atoms with van der Waals surface area (Å²) < 4.78 is 0. The van der Waals surface area contributed by atoms with Crippen molar-refractivity contribution in [1.82, 2.24) is 10.4 Å². The van der Waals surface area contributed by atoms with E-state index in [1.807, 2.05) is 0 Å². The molecule has 42 valence electrons. The van der Waals surface area contributed by atoms with E-state index in [1.165, 1.54) is 5.01 Å². The van der Waals surface area contributed by atoms with Gasteiger partial charge in [-0.25, -0.2) is 5.01 Å². The highest BCUT2D eigenvalue weighted by molar-refractivity contribution is 5.75. The summed E-state index contributed by atoms with van der Waals surface area (Å²) in [5.41, 5.74) is 7.85. The van der Waals surface area contributed by atoms with Crippen LogP contribution in [0.15, 0.2) is 6.20 Å². The Hall–Kier alpha value is -1.12. The van der Waals surface area contributed by atoms with Crippen LogP contribution in [0, 0.1) is 11.5 Å². The second-order valence-corrected chi connectivity index (χ2v) is 1.42. The van der Waals surface area contributed by atoms with Crippen molar-refractivity contribution < 1.29 is 0 Å². The second kappa shape index (κ2) is 1.78. The maximum absolute atomic E-state index is 6.86. The van der Waals surface area contributed by atoms with Gasteiger partial charge in [0.05, 0.1) is 0 Å². The lowest BCUT2D eigenvalue weighted by Gasteiger charge is -2.05. The van der Waals surface area contributed by atoms with Gasteiger partial charge in [-0.3, -0.25) is 5.41 Å². The van der Waals surface area contributed by atoms with Crippen molar-refractivity contribution >= 4 is 5.96 Å². The van der Waals surface area contributed by atoms with Crippen molar-refractivity contribution in [3.63, 3.8) is 0 Å². The Morgan fingerprint density at radius 2 is 2.75 bits per heavy atom. The highest BCUT2D eigenvalue weighted by atomic mass is 15.5. The molecule has 0 atom stereocenters. The standard InChI is InChI=1S/C4H7N4/c5-4(6)8-3-1-2-7-8/h3,7H,2H2,(H3,5,6)/q+1. The van der Waals surface area contributed by atoms with Crippen molar-refractivity contribution in [1.29, 1.82) is 5.41 Å². The average molecular weight is 111 g/mol. The van der Waals surface area contributed by atoms with Gasteiger partial charge in [0, 0.05) is 0 Å². The molecule has 0 aromatic carbocycles. The van der Waals surface area contributed by atoms with E-state index < -0.39 is 0 Å². The predicted octanol–water partition coefficient (Wildman–Crippen LogP) is -0.983. The summed E-state index contributed by atoms with van der Waals surface area (Å²) in [5.74, 6) is -0.00463. The number of hydrogen-bond donors (Lipinski definition) is 3. The van der Waals surface area contributed by atoms with Crippen LogP contribution in [0.3, 0.4) is 0 Å². The second-order valence-electron chi connectivity index (χ2n) is 1.42. The van der Waals surface area contributed by atoms with Gasteiger partial charge in [0.1, 0.15) is 0 Å². The van der Waals surface area contributed by atoms with E-state index in [9.17, 15) is 0 Å². The van der Waals surface area contributed by atoms with E-state index in [1.54, 1.807) is 6.20 Å². The summed E-state index contributed by atoms with van der Waals surface area (Å²) in [6.07, 6.45) is 4.42. The first-order valence-corrected chi connectivity index (χ1v) is 2.24. The van der Waals surface area contributed by atoms with Crippen LogP contribution in [0.25, 0.3) is 0 Å². The third-order valence-corrected chi connectivity index (χ3v) is 0.831. The van der Waals surface area contributed by atoms with E-state index in [4.69, 9.17) is 11.1 Å². The topological polar surface area (TPSA) is 65.1 Å². The number of nitrogens with zero attached hydrogens (tertiary/aromatic N) is 1. The maximum atomic E-state index is 6.86. The molecule has 0 unspecified atom stereocenters. The van der Waals surface area contributed by atoms with Crippen LogP contribution in [-0.4, -0.2) is 17.5 Å². The van der Waals surface area contributed by atoms with Crippen molar-refractivity contribution in [2.75, 3.05) is 6.54 Å². The molecule has 0 amide bonds. The molecule has 1 rings (SSSR count). The fourth-order valence-corrected chi connectivity index (χ4v) is 0.468. The molecule has 4 heteroatoms. The normalized spacial score (nSPS) is 16.2. The van der Waals surface area contributed by atoms with Gasteiger partial charge < -0.3 is 5.73 Å². The quantitative estimate of drug-likeness (QED) is 0.214. The van der Waals surface area contributed by atoms with E-state index >= 15 is 0 Å². The number of rotatable bonds is 0. The van der Waals surface area contributed by atoms with Gasteiger partial charge in [0.2, 0.25) is 12.5 Å². The number of guanidine groups is 1. The molecular weight excluding hydrogens is 104 g/mol. The Labute approximate surface area is 47.4 Å². The lowest BCUT2D eigenvalue weighted by atomic mass is 10.7. The van der Waals surface area contributed by atoms with Gasteiger partial charge in [0.15, 0.2) is 0 Å². The van der Waals surface area contributed by atoms with Crippen LogP contribution in [0.4, 0.5) is 0 Å². The molecule has 0 fully saturated rings. The Morgan fingerprint density at radius 3 is 3.00 bits per heavy atom. The maximum Gasteiger partial charge on any atom is 0.267 e. The summed E-state index contributed by atoms with van der Waals surface area (Å²) in [6.45, 7) is 0.638. The molecular formula is C4H7N4+. The van der Waals surface area contributed by atoms with Crippen LogP contribution in [0.5, 0.6) is 0 Å². The van der Waals surface area contributed by atoms with Crippen LogP contribution in [0.2, 0.25) is 0 Å². The molecule has 4 nitrogen and oxygen atoms in total. The van der Waals surface area contributed by atoms with Gasteiger partial charge in [-0.2, -0.15) is 5.43 Å². The van der Waals surface area contributed by atoms with E-state index in [0.29, 0.717) is 6.54 Å². The first-order valence-electron chi connectivity index (χ1n) is 2.24. The Bertz CT molecular complexity index is 128. The minimum atomic E-state index is -0.00463. The Kier molecular flexibility index (Phi) is 1.12. The van der Waals surface area contributed by atoms with Crippen LogP contribution in [-0.2, 0) is 0 Å². The summed E-state index contributed by atoms with van der Waals surface area (Å²) in [7, 11) is 0. The zero-order valence-electron chi connectivity index (χ0n) is 4.31. The van der Waals surface area contributed by atoms with Crippen molar-refractivity contribution in [3.8, 4) is 0 Å². The number of nitrogens with two attached hydrogens (primary N) is 1. The van der Waals surface area contributed by atoms with Crippen molar-refractivity contribution in [2.45, 2.75) is 0 Å².